The van der Waals surface area contributed by atoms with Gasteiger partial charge >= 0.3 is 0 Å². The number of aromatic nitrogens is 2. The van der Waals surface area contributed by atoms with Gasteiger partial charge in [-0.15, -0.1) is 11.3 Å². The highest BCUT2D eigenvalue weighted by molar-refractivity contribution is 7.09. The zero-order valence-electron chi connectivity index (χ0n) is 21.0. The van der Waals surface area contributed by atoms with Crippen LogP contribution in [0.5, 0.6) is 0 Å². The molecule has 39 heavy (non-hydrogen) atoms. The number of nitrogens with zero attached hydrogens (tertiary/aromatic N) is 2. The number of pyridine rings is 2. The van der Waals surface area contributed by atoms with E-state index in [1.807, 2.05) is 42.6 Å². The normalized spacial score (nSPS) is 12.1. The van der Waals surface area contributed by atoms with Crippen LogP contribution in [0.25, 0.3) is 22.0 Å². The van der Waals surface area contributed by atoms with Crippen molar-refractivity contribution in [2.45, 2.75) is 19.0 Å². The molecule has 1 N–H and O–H groups in total. The van der Waals surface area contributed by atoms with Crippen LogP contribution in [-0.4, -0.2) is 9.97 Å². The molecule has 0 amide bonds. The van der Waals surface area contributed by atoms with Crippen LogP contribution in [-0.2, 0) is 13.1 Å². The lowest BCUT2D eigenvalue weighted by Gasteiger charge is -2.20. The molecule has 0 fully saturated rings. The minimum atomic E-state index is -0.000262. The highest BCUT2D eigenvalue weighted by Crippen LogP contribution is 2.37. The Kier molecular flexibility index (Phi) is 7.71. The second-order valence-electron chi connectivity index (χ2n) is 9.40. The summed E-state index contributed by atoms with van der Waals surface area (Å²) >= 11 is 14.4. The van der Waals surface area contributed by atoms with Crippen molar-refractivity contribution in [1.29, 1.82) is 0 Å². The molecule has 0 aliphatic carbocycles. The molecule has 3 nitrogen and oxygen atoms in total. The number of hydrogen-bond donors (Lipinski definition) is 1. The molecule has 0 saturated heterocycles. The molecule has 0 aliphatic rings. The average molecular weight is 567 g/mol. The second-order valence-corrected chi connectivity index (χ2v) is 11.3. The van der Waals surface area contributed by atoms with Crippen LogP contribution in [0.4, 0.5) is 0 Å². The molecule has 3 aromatic heterocycles. The van der Waals surface area contributed by atoms with E-state index in [9.17, 15) is 0 Å². The topological polar surface area (TPSA) is 37.8 Å². The van der Waals surface area contributed by atoms with Gasteiger partial charge in [0.2, 0.25) is 0 Å². The Hall–Kier alpha value is -3.54. The maximum absolute atomic E-state index is 6.44. The summed E-state index contributed by atoms with van der Waals surface area (Å²) in [5.41, 5.74) is 7.54. The van der Waals surface area contributed by atoms with E-state index >= 15 is 0 Å². The Morgan fingerprint density at radius 1 is 0.744 bits per heavy atom. The van der Waals surface area contributed by atoms with Crippen LogP contribution < -0.4 is 5.32 Å². The van der Waals surface area contributed by atoms with E-state index in [2.05, 4.69) is 76.3 Å². The zero-order chi connectivity index (χ0) is 26.6. The first-order valence-corrected chi connectivity index (χ1v) is 14.4. The Morgan fingerprint density at radius 3 is 2.38 bits per heavy atom. The Labute approximate surface area is 242 Å². The molecule has 6 rings (SSSR count). The molecule has 6 aromatic rings. The van der Waals surface area contributed by atoms with Gasteiger partial charge < -0.3 is 5.32 Å². The van der Waals surface area contributed by atoms with Gasteiger partial charge in [0.15, 0.2) is 0 Å². The molecule has 3 aromatic carbocycles. The van der Waals surface area contributed by atoms with E-state index in [1.165, 1.54) is 4.88 Å². The predicted molar refractivity (Wildman–Crippen MR) is 164 cm³/mol. The van der Waals surface area contributed by atoms with Crippen molar-refractivity contribution < 1.29 is 0 Å². The van der Waals surface area contributed by atoms with Gasteiger partial charge in [0, 0.05) is 51.7 Å². The smallest absolute Gasteiger partial charge is 0.0712 e. The second kappa shape index (κ2) is 11.7. The maximum atomic E-state index is 6.44. The number of halogens is 2. The van der Waals surface area contributed by atoms with Crippen LogP contribution in [0, 0.1) is 0 Å². The van der Waals surface area contributed by atoms with E-state index in [0.717, 1.165) is 56.0 Å². The lowest BCUT2D eigenvalue weighted by molar-refractivity contribution is 0.689. The first-order valence-electron chi connectivity index (χ1n) is 12.7. The van der Waals surface area contributed by atoms with Gasteiger partial charge in [-0.25, -0.2) is 0 Å². The number of benzene rings is 3. The maximum Gasteiger partial charge on any atom is 0.0712 e. The van der Waals surface area contributed by atoms with Crippen LogP contribution >= 0.6 is 34.5 Å². The molecule has 192 valence electrons. The first kappa shape index (κ1) is 25.7. The molecule has 0 aliphatic heterocycles. The first-order chi connectivity index (χ1) is 19.1. The lowest BCUT2D eigenvalue weighted by atomic mass is 9.85. The fraction of sp³-hybridized carbons (Fsp3) is 0.0909. The molecule has 0 spiro atoms. The van der Waals surface area contributed by atoms with E-state index in [0.29, 0.717) is 11.6 Å². The third-order valence-corrected chi connectivity index (χ3v) is 8.12. The number of thiophene rings is 1. The van der Waals surface area contributed by atoms with Crippen LogP contribution in [0.2, 0.25) is 10.0 Å². The number of fused-ring (bicyclic) bond motifs is 1. The van der Waals surface area contributed by atoms with Crippen LogP contribution in [0.1, 0.15) is 33.2 Å². The van der Waals surface area contributed by atoms with Gasteiger partial charge in [-0.3, -0.25) is 9.97 Å². The molecule has 6 heteroatoms. The van der Waals surface area contributed by atoms with Gasteiger partial charge in [0.05, 0.1) is 11.2 Å². The van der Waals surface area contributed by atoms with Crippen molar-refractivity contribution >= 4 is 45.4 Å². The molecular weight excluding hydrogens is 541 g/mol. The summed E-state index contributed by atoms with van der Waals surface area (Å²) in [4.78, 5) is 10.8. The number of hydrogen-bond acceptors (Lipinski definition) is 4. The van der Waals surface area contributed by atoms with Gasteiger partial charge in [0.25, 0.3) is 0 Å². The van der Waals surface area contributed by atoms with Crippen LogP contribution in [0.3, 0.4) is 0 Å². The van der Waals surface area contributed by atoms with Crippen molar-refractivity contribution in [2.24, 2.45) is 0 Å². The van der Waals surface area contributed by atoms with Gasteiger partial charge in [-0.2, -0.15) is 0 Å². The van der Waals surface area contributed by atoms with E-state index < -0.39 is 0 Å². The standard InChI is InChI=1S/C33H25Cl2N3S/c34-26-11-8-22(9-12-26)33(25-5-2-14-36-19-25)24-10-13-32-31(17-24)30(23-4-1-6-27(35)16-23)18-28(38-32)20-37-21-29-7-3-15-39-29/h1-19,33,37H,20-21H2. The van der Waals surface area contributed by atoms with Crippen molar-refractivity contribution in [3.8, 4) is 11.1 Å². The number of nitrogens with one attached hydrogen (secondary N) is 1. The lowest BCUT2D eigenvalue weighted by Crippen LogP contribution is -2.13. The molecule has 1 atom stereocenters. The van der Waals surface area contributed by atoms with Crippen molar-refractivity contribution in [1.82, 2.24) is 15.3 Å². The monoisotopic (exact) mass is 565 g/mol. The quantitative estimate of drug-likeness (QED) is 0.200. The molecule has 0 radical (unpaired) electrons. The highest BCUT2D eigenvalue weighted by atomic mass is 35.5. The zero-order valence-corrected chi connectivity index (χ0v) is 23.3. The van der Waals surface area contributed by atoms with E-state index in [-0.39, 0.29) is 5.92 Å². The summed E-state index contributed by atoms with van der Waals surface area (Å²) in [7, 11) is 0. The van der Waals surface area contributed by atoms with Crippen molar-refractivity contribution in [3.63, 3.8) is 0 Å². The molecule has 3 heterocycles. The van der Waals surface area contributed by atoms with Gasteiger partial charge in [-0.1, -0.05) is 65.7 Å². The minimum absolute atomic E-state index is 0.000262. The van der Waals surface area contributed by atoms with Gasteiger partial charge in [-0.05, 0) is 87.8 Å². The average Bonchev–Trinajstić information content (AvgIpc) is 3.48. The van der Waals surface area contributed by atoms with Crippen LogP contribution in [0.15, 0.2) is 115 Å². The van der Waals surface area contributed by atoms with Crippen molar-refractivity contribution in [3.05, 3.63) is 152 Å². The number of rotatable bonds is 8. The summed E-state index contributed by atoms with van der Waals surface area (Å²) < 4.78 is 0. The summed E-state index contributed by atoms with van der Waals surface area (Å²) in [5.74, 6) is -0.000262. The fourth-order valence-corrected chi connectivity index (χ4v) is 5.96. The SMILES string of the molecule is Clc1ccc(C(c2cccnc2)c2ccc3nc(CNCc4cccs4)cc(-c4cccc(Cl)c4)c3c2)cc1. The van der Waals surface area contributed by atoms with Crippen molar-refractivity contribution in [2.75, 3.05) is 0 Å². The summed E-state index contributed by atoms with van der Waals surface area (Å²) in [6, 6.07) is 33.1. The van der Waals surface area contributed by atoms with Gasteiger partial charge in [0.1, 0.15) is 0 Å². The molecule has 0 bridgehead atoms. The summed E-state index contributed by atoms with van der Waals surface area (Å²) in [5, 5.41) is 8.15. The fourth-order valence-electron chi connectivity index (χ4n) is 4.97. The Balaban J connectivity index is 1.46. The highest BCUT2D eigenvalue weighted by Gasteiger charge is 2.19. The predicted octanol–water partition coefficient (Wildman–Crippen LogP) is 9.14. The van der Waals surface area contributed by atoms with E-state index in [4.69, 9.17) is 28.2 Å². The summed E-state index contributed by atoms with van der Waals surface area (Å²) in [6.45, 7) is 1.49. The largest absolute Gasteiger partial charge is 0.306 e. The molecule has 0 saturated carbocycles. The molecular formula is C33H25Cl2N3S. The van der Waals surface area contributed by atoms with E-state index in [1.54, 1.807) is 17.5 Å². The Bertz CT molecular complexity index is 1700. The Morgan fingerprint density at radius 2 is 1.62 bits per heavy atom. The third-order valence-electron chi connectivity index (χ3n) is 6.76. The molecule has 1 unspecified atom stereocenters. The summed E-state index contributed by atoms with van der Waals surface area (Å²) in [6.07, 6.45) is 3.74. The third kappa shape index (κ3) is 5.90. The minimum Gasteiger partial charge on any atom is -0.306 e.